The van der Waals surface area contributed by atoms with E-state index in [0.29, 0.717) is 0 Å². The molecule has 6 heteroatoms. The van der Waals surface area contributed by atoms with Gasteiger partial charge in [0.1, 0.15) is 18.5 Å². The quantitative estimate of drug-likeness (QED) is 0.829. The second kappa shape index (κ2) is 7.59. The zero-order valence-corrected chi connectivity index (χ0v) is 13.8. The molecule has 1 aromatic heterocycles. The molecule has 5 nitrogen and oxygen atoms in total. The van der Waals surface area contributed by atoms with Crippen LogP contribution in [0.3, 0.4) is 0 Å². The summed E-state index contributed by atoms with van der Waals surface area (Å²) in [7, 11) is 4.01. The van der Waals surface area contributed by atoms with Gasteiger partial charge in [0.25, 0.3) is 0 Å². The number of rotatable bonds is 7. The van der Waals surface area contributed by atoms with Gasteiger partial charge >= 0.3 is 0 Å². The lowest BCUT2D eigenvalue weighted by atomic mass is 10.2. The van der Waals surface area contributed by atoms with E-state index in [2.05, 4.69) is 25.9 Å². The summed E-state index contributed by atoms with van der Waals surface area (Å²) in [4.78, 5) is 2.08. The number of aromatic nitrogens is 2. The molecular formula is C15H20BrN3O2. The van der Waals surface area contributed by atoms with Gasteiger partial charge in [-0.15, -0.1) is 0 Å². The van der Waals surface area contributed by atoms with E-state index in [0.717, 1.165) is 29.0 Å². The van der Waals surface area contributed by atoms with E-state index >= 15 is 0 Å². The minimum atomic E-state index is -0.732. The van der Waals surface area contributed by atoms with E-state index in [-0.39, 0.29) is 6.61 Å². The van der Waals surface area contributed by atoms with Gasteiger partial charge in [-0.25, -0.2) is 0 Å². The molecule has 1 N–H and O–H groups in total. The first kappa shape index (κ1) is 16.0. The van der Waals surface area contributed by atoms with Crippen LogP contribution in [0, 0.1) is 0 Å². The Morgan fingerprint density at radius 2 is 2.05 bits per heavy atom. The molecule has 2 aromatic rings. The van der Waals surface area contributed by atoms with Crippen LogP contribution in [0.25, 0.3) is 0 Å². The van der Waals surface area contributed by atoms with Crippen molar-refractivity contribution in [2.24, 2.45) is 0 Å². The van der Waals surface area contributed by atoms with E-state index in [1.807, 2.05) is 49.1 Å². The first-order valence-electron chi connectivity index (χ1n) is 6.79. The van der Waals surface area contributed by atoms with Gasteiger partial charge in [-0.1, -0.05) is 18.2 Å². The molecule has 0 aliphatic heterocycles. The van der Waals surface area contributed by atoms with Gasteiger partial charge in [-0.05, 0) is 42.2 Å². The molecule has 114 valence electrons. The molecule has 1 atom stereocenters. The zero-order chi connectivity index (χ0) is 15.2. The van der Waals surface area contributed by atoms with Crippen LogP contribution in [-0.2, 0) is 6.54 Å². The van der Waals surface area contributed by atoms with E-state index in [4.69, 9.17) is 4.74 Å². The second-order valence-electron chi connectivity index (χ2n) is 5.04. The SMILES string of the molecule is CN(C)CCn1ncc(Br)c1C(O)COc1ccccc1. The highest BCUT2D eigenvalue weighted by Crippen LogP contribution is 2.24. The summed E-state index contributed by atoms with van der Waals surface area (Å²) in [6.07, 6.45) is 0.973. The third-order valence-corrected chi connectivity index (χ3v) is 3.67. The fourth-order valence-electron chi connectivity index (χ4n) is 1.95. The summed E-state index contributed by atoms with van der Waals surface area (Å²) < 4.78 is 8.21. The van der Waals surface area contributed by atoms with Gasteiger partial charge in [0.05, 0.1) is 22.9 Å². The number of para-hydroxylation sites is 1. The predicted molar refractivity (Wildman–Crippen MR) is 85.4 cm³/mol. The average molecular weight is 354 g/mol. The fourth-order valence-corrected chi connectivity index (χ4v) is 2.51. The first-order valence-corrected chi connectivity index (χ1v) is 7.59. The maximum absolute atomic E-state index is 10.4. The molecule has 2 rings (SSSR count). The highest BCUT2D eigenvalue weighted by Gasteiger charge is 2.18. The lowest BCUT2D eigenvalue weighted by Crippen LogP contribution is -2.22. The molecule has 0 aliphatic rings. The third-order valence-electron chi connectivity index (χ3n) is 3.06. The fraction of sp³-hybridized carbons (Fsp3) is 0.400. The van der Waals surface area contributed by atoms with Crippen LogP contribution in [0.4, 0.5) is 0 Å². The largest absolute Gasteiger partial charge is 0.490 e. The van der Waals surface area contributed by atoms with Crippen molar-refractivity contribution in [3.63, 3.8) is 0 Å². The standard InChI is InChI=1S/C15H20BrN3O2/c1-18(2)8-9-19-15(13(16)10-17-19)14(20)11-21-12-6-4-3-5-7-12/h3-7,10,14,20H,8-9,11H2,1-2H3. The first-order chi connectivity index (χ1) is 10.1. The van der Waals surface area contributed by atoms with Crippen LogP contribution >= 0.6 is 15.9 Å². The van der Waals surface area contributed by atoms with Crippen LogP contribution in [0.1, 0.15) is 11.8 Å². The summed E-state index contributed by atoms with van der Waals surface area (Å²) in [5.41, 5.74) is 0.743. The van der Waals surface area contributed by atoms with Gasteiger partial charge in [0, 0.05) is 6.54 Å². The highest BCUT2D eigenvalue weighted by atomic mass is 79.9. The Kier molecular flexibility index (Phi) is 5.78. The van der Waals surface area contributed by atoms with Crippen LogP contribution in [0.5, 0.6) is 5.75 Å². The van der Waals surface area contributed by atoms with Gasteiger partial charge < -0.3 is 14.7 Å². The molecule has 0 radical (unpaired) electrons. The summed E-state index contributed by atoms with van der Waals surface area (Å²) in [5, 5.41) is 14.7. The van der Waals surface area contributed by atoms with Crippen LogP contribution in [0.2, 0.25) is 0 Å². The predicted octanol–water partition coefficient (Wildman–Crippen LogP) is 2.32. The molecule has 1 heterocycles. The number of hydrogen-bond acceptors (Lipinski definition) is 4. The van der Waals surface area contributed by atoms with Gasteiger partial charge in [0.2, 0.25) is 0 Å². The molecule has 0 fully saturated rings. The van der Waals surface area contributed by atoms with Crippen molar-refractivity contribution in [1.82, 2.24) is 14.7 Å². The van der Waals surface area contributed by atoms with E-state index in [1.165, 1.54) is 0 Å². The summed E-state index contributed by atoms with van der Waals surface area (Å²) >= 11 is 3.44. The normalized spacial score (nSPS) is 12.6. The monoisotopic (exact) mass is 353 g/mol. The molecule has 0 amide bonds. The second-order valence-corrected chi connectivity index (χ2v) is 5.90. The molecule has 0 spiro atoms. The van der Waals surface area contributed by atoms with Crippen LogP contribution in [-0.4, -0.2) is 47.0 Å². The Hall–Kier alpha value is -1.37. The Bertz CT molecular complexity index is 557. The summed E-state index contributed by atoms with van der Waals surface area (Å²) in [5.74, 6) is 0.743. The smallest absolute Gasteiger partial charge is 0.131 e. The van der Waals surface area contributed by atoms with Crippen molar-refractivity contribution in [3.05, 3.63) is 46.7 Å². The van der Waals surface area contributed by atoms with Gasteiger partial charge in [-0.2, -0.15) is 5.10 Å². The van der Waals surface area contributed by atoms with Gasteiger partial charge in [0.15, 0.2) is 0 Å². The van der Waals surface area contributed by atoms with Crippen molar-refractivity contribution >= 4 is 15.9 Å². The number of benzene rings is 1. The zero-order valence-electron chi connectivity index (χ0n) is 12.2. The molecule has 0 saturated heterocycles. The number of likely N-dealkylation sites (N-methyl/N-ethyl adjacent to an activating group) is 1. The topological polar surface area (TPSA) is 50.5 Å². The molecule has 1 unspecified atom stereocenters. The molecule has 0 saturated carbocycles. The molecule has 0 bridgehead atoms. The van der Waals surface area contributed by atoms with Crippen molar-refractivity contribution in [1.29, 1.82) is 0 Å². The van der Waals surface area contributed by atoms with Crippen molar-refractivity contribution < 1.29 is 9.84 Å². The molecule has 21 heavy (non-hydrogen) atoms. The Balaban J connectivity index is 2.01. The third kappa shape index (κ3) is 4.56. The van der Waals surface area contributed by atoms with Crippen LogP contribution < -0.4 is 4.74 Å². The van der Waals surface area contributed by atoms with Crippen molar-refractivity contribution in [2.45, 2.75) is 12.6 Å². The van der Waals surface area contributed by atoms with E-state index in [1.54, 1.807) is 6.20 Å². The lowest BCUT2D eigenvalue weighted by molar-refractivity contribution is 0.0989. The molecular weight excluding hydrogens is 334 g/mol. The Morgan fingerprint density at radius 3 is 2.71 bits per heavy atom. The summed E-state index contributed by atoms with van der Waals surface area (Å²) in [6.45, 7) is 1.76. The van der Waals surface area contributed by atoms with Crippen molar-refractivity contribution in [2.75, 3.05) is 27.2 Å². The summed E-state index contributed by atoms with van der Waals surface area (Å²) in [6, 6.07) is 9.46. The Morgan fingerprint density at radius 1 is 1.33 bits per heavy atom. The number of aliphatic hydroxyl groups excluding tert-OH is 1. The minimum Gasteiger partial charge on any atom is -0.490 e. The van der Waals surface area contributed by atoms with Crippen LogP contribution in [0.15, 0.2) is 41.0 Å². The number of aliphatic hydroxyl groups is 1. The number of ether oxygens (including phenoxy) is 1. The Labute approximate surface area is 133 Å². The van der Waals surface area contributed by atoms with E-state index < -0.39 is 6.10 Å². The molecule has 1 aromatic carbocycles. The maximum Gasteiger partial charge on any atom is 0.131 e. The molecule has 0 aliphatic carbocycles. The number of nitrogens with zero attached hydrogens (tertiary/aromatic N) is 3. The maximum atomic E-state index is 10.4. The number of halogens is 1. The van der Waals surface area contributed by atoms with E-state index in [9.17, 15) is 5.11 Å². The average Bonchev–Trinajstić information content (AvgIpc) is 2.85. The lowest BCUT2D eigenvalue weighted by Gasteiger charge is -2.16. The highest BCUT2D eigenvalue weighted by molar-refractivity contribution is 9.10. The number of hydrogen-bond donors (Lipinski definition) is 1. The minimum absolute atomic E-state index is 0.191. The van der Waals surface area contributed by atoms with Gasteiger partial charge in [-0.3, -0.25) is 4.68 Å². The van der Waals surface area contributed by atoms with Crippen molar-refractivity contribution in [3.8, 4) is 5.75 Å².